The second-order valence-electron chi connectivity index (χ2n) is 7.30. The molecule has 2 aliphatic heterocycles. The highest BCUT2D eigenvalue weighted by Gasteiger charge is 2.32. The number of nitrogens with zero attached hydrogens (tertiary/aromatic N) is 3. The van der Waals surface area contributed by atoms with Crippen LogP contribution in [0.15, 0.2) is 4.79 Å². The summed E-state index contributed by atoms with van der Waals surface area (Å²) in [7, 11) is -3.32. The molecule has 1 aromatic rings. The lowest BCUT2D eigenvalue weighted by atomic mass is 10.1. The number of sulfonamides is 1. The third-order valence-corrected chi connectivity index (χ3v) is 6.70. The van der Waals surface area contributed by atoms with Gasteiger partial charge in [0.25, 0.3) is 5.56 Å². The Kier molecular flexibility index (Phi) is 5.21. The highest BCUT2D eigenvalue weighted by atomic mass is 32.2. The van der Waals surface area contributed by atoms with Crippen molar-refractivity contribution in [2.75, 3.05) is 25.9 Å². The summed E-state index contributed by atoms with van der Waals surface area (Å²) in [5.41, 5.74) is 0.913. The maximum absolute atomic E-state index is 12.4. The molecule has 3 heterocycles. The van der Waals surface area contributed by atoms with E-state index in [2.05, 4.69) is 9.97 Å². The first kappa shape index (κ1) is 19.0. The molecule has 0 spiro atoms. The van der Waals surface area contributed by atoms with E-state index in [1.54, 1.807) is 0 Å². The lowest BCUT2D eigenvalue weighted by Crippen LogP contribution is -2.39. The van der Waals surface area contributed by atoms with Gasteiger partial charge in [-0.3, -0.25) is 9.59 Å². The van der Waals surface area contributed by atoms with Crippen LogP contribution in [0.1, 0.15) is 49.7 Å². The van der Waals surface area contributed by atoms with Crippen LogP contribution in [0, 0.1) is 5.92 Å². The van der Waals surface area contributed by atoms with Gasteiger partial charge in [0.2, 0.25) is 15.9 Å². The van der Waals surface area contributed by atoms with Gasteiger partial charge in [-0.2, -0.15) is 4.31 Å². The molecular weight excluding hydrogens is 356 g/mol. The molecule has 2 unspecified atom stereocenters. The minimum Gasteiger partial charge on any atom is -0.342 e. The first-order valence-electron chi connectivity index (χ1n) is 9.06. The second kappa shape index (κ2) is 7.11. The van der Waals surface area contributed by atoms with Crippen LogP contribution in [0.4, 0.5) is 0 Å². The van der Waals surface area contributed by atoms with Gasteiger partial charge in [0.05, 0.1) is 18.5 Å². The molecule has 0 radical (unpaired) electrons. The molecule has 1 N–H and O–H groups in total. The third kappa shape index (κ3) is 3.68. The highest BCUT2D eigenvalue weighted by Crippen LogP contribution is 2.27. The summed E-state index contributed by atoms with van der Waals surface area (Å²) in [5, 5.41) is 0. The minimum atomic E-state index is -3.32. The number of aromatic nitrogens is 2. The lowest BCUT2D eigenvalue weighted by molar-refractivity contribution is -0.134. The molecule has 8 nitrogen and oxygen atoms in total. The van der Waals surface area contributed by atoms with Crippen LogP contribution >= 0.6 is 0 Å². The van der Waals surface area contributed by atoms with Crippen LogP contribution in [0.3, 0.4) is 0 Å². The molecule has 1 aromatic heterocycles. The molecular formula is C17H26N4O4S. The van der Waals surface area contributed by atoms with Gasteiger partial charge in [-0.1, -0.05) is 13.8 Å². The van der Waals surface area contributed by atoms with E-state index in [0.29, 0.717) is 43.1 Å². The molecule has 0 aromatic carbocycles. The number of hydrogen-bond acceptors (Lipinski definition) is 5. The Bertz CT molecular complexity index is 864. The van der Waals surface area contributed by atoms with Gasteiger partial charge in [-0.05, 0) is 19.3 Å². The molecule has 9 heteroatoms. The highest BCUT2D eigenvalue weighted by molar-refractivity contribution is 7.88. The molecule has 2 atom stereocenters. The van der Waals surface area contributed by atoms with Gasteiger partial charge in [0, 0.05) is 37.0 Å². The molecule has 2 aliphatic rings. The summed E-state index contributed by atoms with van der Waals surface area (Å²) in [6, 6.07) is 0. The Morgan fingerprint density at radius 3 is 2.77 bits per heavy atom. The number of nitrogens with one attached hydrogen (secondary N) is 1. The average Bonchev–Trinajstić information content (AvgIpc) is 3.09. The Labute approximate surface area is 153 Å². The number of H-pyrrole nitrogens is 1. The van der Waals surface area contributed by atoms with Crippen LogP contribution in [-0.2, 0) is 27.8 Å². The fourth-order valence-corrected chi connectivity index (χ4v) is 4.36. The van der Waals surface area contributed by atoms with Crippen molar-refractivity contribution in [2.45, 2.75) is 45.6 Å². The summed E-state index contributed by atoms with van der Waals surface area (Å²) in [5.74, 6) is 0.671. The predicted molar refractivity (Wildman–Crippen MR) is 97.2 cm³/mol. The van der Waals surface area contributed by atoms with Gasteiger partial charge in [0.15, 0.2) is 0 Å². The van der Waals surface area contributed by atoms with E-state index in [4.69, 9.17) is 0 Å². The van der Waals surface area contributed by atoms with Crippen molar-refractivity contribution < 1.29 is 13.2 Å². The van der Waals surface area contributed by atoms with Crippen LogP contribution in [0.25, 0.3) is 0 Å². The molecule has 26 heavy (non-hydrogen) atoms. The topological polar surface area (TPSA) is 103 Å². The van der Waals surface area contributed by atoms with Gasteiger partial charge in [-0.15, -0.1) is 0 Å². The average molecular weight is 382 g/mol. The minimum absolute atomic E-state index is 0.00684. The van der Waals surface area contributed by atoms with E-state index in [1.807, 2.05) is 18.7 Å². The molecule has 3 rings (SSSR count). The fourth-order valence-electron chi connectivity index (χ4n) is 3.58. The summed E-state index contributed by atoms with van der Waals surface area (Å²) in [6.45, 7) is 5.55. The molecule has 0 aliphatic carbocycles. The smallest absolute Gasteiger partial charge is 0.254 e. The largest absolute Gasteiger partial charge is 0.342 e. The SMILES string of the molecule is CCC(C)C(=O)N1CCC(c2nc3c(c(=O)[nH]2)CCN(S(C)(=O)=O)C3)C1. The number of rotatable bonds is 4. The summed E-state index contributed by atoms with van der Waals surface area (Å²) < 4.78 is 24.9. The van der Waals surface area contributed by atoms with Crippen molar-refractivity contribution in [1.82, 2.24) is 19.2 Å². The summed E-state index contributed by atoms with van der Waals surface area (Å²) in [6.07, 6.45) is 3.09. The van der Waals surface area contributed by atoms with E-state index in [9.17, 15) is 18.0 Å². The number of fused-ring (bicyclic) bond motifs is 1. The first-order chi connectivity index (χ1) is 12.2. The molecule has 0 saturated carbocycles. The molecule has 1 saturated heterocycles. The van der Waals surface area contributed by atoms with Crippen LogP contribution in [0.5, 0.6) is 0 Å². The van der Waals surface area contributed by atoms with E-state index >= 15 is 0 Å². The van der Waals surface area contributed by atoms with Gasteiger partial charge in [-0.25, -0.2) is 13.4 Å². The number of carbonyl (C=O) groups excluding carboxylic acids is 1. The Morgan fingerprint density at radius 2 is 2.12 bits per heavy atom. The zero-order chi connectivity index (χ0) is 19.1. The van der Waals surface area contributed by atoms with Crippen molar-refractivity contribution in [1.29, 1.82) is 0 Å². The van der Waals surface area contributed by atoms with E-state index < -0.39 is 10.0 Å². The van der Waals surface area contributed by atoms with Gasteiger partial charge in [0.1, 0.15) is 5.82 Å². The van der Waals surface area contributed by atoms with Crippen molar-refractivity contribution in [2.24, 2.45) is 5.92 Å². The first-order valence-corrected chi connectivity index (χ1v) is 10.9. The summed E-state index contributed by atoms with van der Waals surface area (Å²) in [4.78, 5) is 34.1. The Balaban J connectivity index is 1.82. The van der Waals surface area contributed by atoms with Gasteiger partial charge < -0.3 is 9.88 Å². The van der Waals surface area contributed by atoms with E-state index in [-0.39, 0.29) is 29.8 Å². The van der Waals surface area contributed by atoms with Crippen LogP contribution < -0.4 is 5.56 Å². The Morgan fingerprint density at radius 1 is 1.38 bits per heavy atom. The third-order valence-electron chi connectivity index (χ3n) is 5.45. The normalized spacial score (nSPS) is 22.3. The molecule has 1 fully saturated rings. The predicted octanol–water partition coefficient (Wildman–Crippen LogP) is 0.450. The van der Waals surface area contributed by atoms with Crippen molar-refractivity contribution >= 4 is 15.9 Å². The fraction of sp³-hybridized carbons (Fsp3) is 0.706. The van der Waals surface area contributed by atoms with Crippen molar-refractivity contribution in [3.63, 3.8) is 0 Å². The van der Waals surface area contributed by atoms with Crippen molar-refractivity contribution in [3.05, 3.63) is 27.4 Å². The van der Waals surface area contributed by atoms with Gasteiger partial charge >= 0.3 is 0 Å². The zero-order valence-electron chi connectivity index (χ0n) is 15.5. The second-order valence-corrected chi connectivity index (χ2v) is 9.28. The zero-order valence-corrected chi connectivity index (χ0v) is 16.3. The lowest BCUT2D eigenvalue weighted by Gasteiger charge is -2.26. The molecule has 0 bridgehead atoms. The monoisotopic (exact) mass is 382 g/mol. The van der Waals surface area contributed by atoms with Crippen LogP contribution in [-0.4, -0.2) is 59.4 Å². The quantitative estimate of drug-likeness (QED) is 0.814. The standard InChI is InChI=1S/C17H26N4O4S/c1-4-11(2)17(23)20-7-5-12(9-20)15-18-14-10-21(26(3,24)25)8-6-13(14)16(22)19-15/h11-12H,4-10H2,1-3H3,(H,18,19,22). The van der Waals surface area contributed by atoms with Crippen LogP contribution in [0.2, 0.25) is 0 Å². The molecule has 1 amide bonds. The Hall–Kier alpha value is -1.74. The molecule has 144 valence electrons. The maximum atomic E-state index is 12.4. The summed E-state index contributed by atoms with van der Waals surface area (Å²) >= 11 is 0. The maximum Gasteiger partial charge on any atom is 0.254 e. The number of hydrogen-bond donors (Lipinski definition) is 1. The van der Waals surface area contributed by atoms with E-state index in [0.717, 1.165) is 12.8 Å². The van der Waals surface area contributed by atoms with Crippen molar-refractivity contribution in [3.8, 4) is 0 Å². The number of amides is 1. The number of aromatic amines is 1. The number of likely N-dealkylation sites (tertiary alicyclic amines) is 1. The number of carbonyl (C=O) groups is 1. The van der Waals surface area contributed by atoms with E-state index in [1.165, 1.54) is 10.6 Å².